The predicted molar refractivity (Wildman–Crippen MR) is 43.8 cm³/mol. The quantitative estimate of drug-likeness (QED) is 0.625. The summed E-state index contributed by atoms with van der Waals surface area (Å²) < 4.78 is 10.4. The second-order valence-electron chi connectivity index (χ2n) is 2.82. The molecule has 1 aliphatic rings. The second kappa shape index (κ2) is 3.82. The summed E-state index contributed by atoms with van der Waals surface area (Å²) >= 11 is 0. The molecule has 1 saturated heterocycles. The molecule has 1 atom stereocenters. The summed E-state index contributed by atoms with van der Waals surface area (Å²) in [4.78, 5) is 4.08. The Balaban J connectivity index is 2.05. The molecule has 1 aromatic rings. The van der Waals surface area contributed by atoms with Crippen LogP contribution in [0.2, 0.25) is 0 Å². The zero-order valence-corrected chi connectivity index (χ0v) is 7.19. The SMILES string of the molecule is NCc1noc([C@@H]2CNCCO2)n1. The monoisotopic (exact) mass is 184 g/mol. The molecule has 0 saturated carbocycles. The van der Waals surface area contributed by atoms with Gasteiger partial charge in [-0.2, -0.15) is 4.98 Å². The van der Waals surface area contributed by atoms with Crippen LogP contribution in [0, 0.1) is 0 Å². The van der Waals surface area contributed by atoms with Crippen LogP contribution >= 0.6 is 0 Å². The van der Waals surface area contributed by atoms with Gasteiger partial charge in [0.25, 0.3) is 5.89 Å². The Hall–Kier alpha value is -0.980. The number of rotatable bonds is 2. The van der Waals surface area contributed by atoms with E-state index in [1.165, 1.54) is 0 Å². The molecule has 6 nitrogen and oxygen atoms in total. The smallest absolute Gasteiger partial charge is 0.257 e. The first kappa shape index (κ1) is 8.61. The van der Waals surface area contributed by atoms with E-state index in [2.05, 4.69) is 15.5 Å². The first-order valence-corrected chi connectivity index (χ1v) is 4.25. The Morgan fingerprint density at radius 2 is 2.54 bits per heavy atom. The van der Waals surface area contributed by atoms with Gasteiger partial charge in [-0.15, -0.1) is 0 Å². The van der Waals surface area contributed by atoms with Crippen LogP contribution in [-0.4, -0.2) is 29.8 Å². The topological polar surface area (TPSA) is 86.2 Å². The van der Waals surface area contributed by atoms with E-state index < -0.39 is 0 Å². The number of nitrogens with two attached hydrogens (primary N) is 1. The number of hydrogen-bond acceptors (Lipinski definition) is 6. The Labute approximate surface area is 75.4 Å². The van der Waals surface area contributed by atoms with Crippen molar-refractivity contribution in [2.45, 2.75) is 12.6 Å². The lowest BCUT2D eigenvalue weighted by molar-refractivity contribution is 0.00755. The zero-order valence-electron chi connectivity index (χ0n) is 7.19. The molecule has 0 aliphatic carbocycles. The zero-order chi connectivity index (χ0) is 9.10. The third-order valence-corrected chi connectivity index (χ3v) is 1.87. The van der Waals surface area contributed by atoms with Gasteiger partial charge >= 0.3 is 0 Å². The molecule has 0 aromatic carbocycles. The minimum atomic E-state index is -0.124. The standard InChI is InChI=1S/C7H12N4O2/c8-3-6-10-7(13-11-6)5-4-9-1-2-12-5/h5,9H,1-4,8H2/t5-/m0/s1. The van der Waals surface area contributed by atoms with Gasteiger partial charge in [-0.1, -0.05) is 5.16 Å². The van der Waals surface area contributed by atoms with Crippen molar-refractivity contribution in [1.82, 2.24) is 15.5 Å². The fraction of sp³-hybridized carbons (Fsp3) is 0.714. The van der Waals surface area contributed by atoms with Gasteiger partial charge in [0.15, 0.2) is 5.82 Å². The van der Waals surface area contributed by atoms with Crippen molar-refractivity contribution in [2.75, 3.05) is 19.7 Å². The van der Waals surface area contributed by atoms with Crippen molar-refractivity contribution in [3.05, 3.63) is 11.7 Å². The maximum absolute atomic E-state index is 5.42. The van der Waals surface area contributed by atoms with E-state index in [-0.39, 0.29) is 6.10 Å². The van der Waals surface area contributed by atoms with Gasteiger partial charge in [0.05, 0.1) is 13.2 Å². The lowest BCUT2D eigenvalue weighted by atomic mass is 10.3. The van der Waals surface area contributed by atoms with Crippen LogP contribution in [-0.2, 0) is 11.3 Å². The Kier molecular flexibility index (Phi) is 2.53. The molecule has 0 bridgehead atoms. The van der Waals surface area contributed by atoms with Crippen molar-refractivity contribution in [3.63, 3.8) is 0 Å². The normalized spacial score (nSPS) is 23.3. The van der Waals surface area contributed by atoms with E-state index in [1.54, 1.807) is 0 Å². The molecule has 13 heavy (non-hydrogen) atoms. The van der Waals surface area contributed by atoms with Crippen LogP contribution in [0.1, 0.15) is 17.8 Å². The lowest BCUT2D eigenvalue weighted by Crippen LogP contribution is -2.33. The summed E-state index contributed by atoms with van der Waals surface area (Å²) in [5.74, 6) is 1.02. The third-order valence-electron chi connectivity index (χ3n) is 1.87. The number of hydrogen-bond donors (Lipinski definition) is 2. The maximum atomic E-state index is 5.42. The summed E-state index contributed by atoms with van der Waals surface area (Å²) in [6.45, 7) is 2.55. The molecule has 0 radical (unpaired) electrons. The Bertz CT molecular complexity index is 269. The predicted octanol–water partition coefficient (Wildman–Crippen LogP) is -0.811. The minimum Gasteiger partial charge on any atom is -0.366 e. The van der Waals surface area contributed by atoms with Crippen LogP contribution in [0.4, 0.5) is 0 Å². The molecule has 2 rings (SSSR count). The highest BCUT2D eigenvalue weighted by molar-refractivity contribution is 4.91. The highest BCUT2D eigenvalue weighted by Gasteiger charge is 2.21. The van der Waals surface area contributed by atoms with Crippen molar-refractivity contribution < 1.29 is 9.26 Å². The summed E-state index contributed by atoms with van der Waals surface area (Å²) in [5.41, 5.74) is 5.35. The fourth-order valence-electron chi connectivity index (χ4n) is 1.21. The Morgan fingerprint density at radius 1 is 1.62 bits per heavy atom. The molecule has 1 fully saturated rings. The van der Waals surface area contributed by atoms with Crippen LogP contribution in [0.15, 0.2) is 4.52 Å². The maximum Gasteiger partial charge on any atom is 0.257 e. The molecule has 0 amide bonds. The molecule has 0 spiro atoms. The van der Waals surface area contributed by atoms with E-state index in [4.69, 9.17) is 15.0 Å². The average Bonchev–Trinajstić information content (AvgIpc) is 2.67. The molecular weight excluding hydrogens is 172 g/mol. The molecule has 6 heteroatoms. The van der Waals surface area contributed by atoms with Gasteiger partial charge < -0.3 is 20.3 Å². The van der Waals surface area contributed by atoms with Gasteiger partial charge in [-0.3, -0.25) is 0 Å². The number of nitrogens with one attached hydrogen (secondary N) is 1. The largest absolute Gasteiger partial charge is 0.366 e. The Morgan fingerprint density at radius 3 is 3.15 bits per heavy atom. The molecule has 3 N–H and O–H groups in total. The summed E-state index contributed by atoms with van der Waals surface area (Å²) in [6, 6.07) is 0. The molecule has 0 unspecified atom stereocenters. The number of morpholine rings is 1. The number of aromatic nitrogens is 2. The van der Waals surface area contributed by atoms with Crippen LogP contribution in [0.5, 0.6) is 0 Å². The molecule has 2 heterocycles. The molecule has 1 aliphatic heterocycles. The van der Waals surface area contributed by atoms with E-state index in [9.17, 15) is 0 Å². The average molecular weight is 184 g/mol. The van der Waals surface area contributed by atoms with Gasteiger partial charge in [0.2, 0.25) is 0 Å². The van der Waals surface area contributed by atoms with E-state index in [1.807, 2.05) is 0 Å². The van der Waals surface area contributed by atoms with Gasteiger partial charge in [-0.25, -0.2) is 0 Å². The van der Waals surface area contributed by atoms with Gasteiger partial charge in [0.1, 0.15) is 6.10 Å². The number of ether oxygens (including phenoxy) is 1. The lowest BCUT2D eigenvalue weighted by Gasteiger charge is -2.19. The van der Waals surface area contributed by atoms with E-state index >= 15 is 0 Å². The van der Waals surface area contributed by atoms with E-state index in [0.717, 1.165) is 6.54 Å². The highest BCUT2D eigenvalue weighted by atomic mass is 16.5. The minimum absolute atomic E-state index is 0.124. The summed E-state index contributed by atoms with van der Waals surface area (Å²) in [7, 11) is 0. The van der Waals surface area contributed by atoms with Crippen molar-refractivity contribution in [3.8, 4) is 0 Å². The van der Waals surface area contributed by atoms with Crippen LogP contribution < -0.4 is 11.1 Å². The van der Waals surface area contributed by atoms with E-state index in [0.29, 0.717) is 31.4 Å². The second-order valence-corrected chi connectivity index (χ2v) is 2.82. The first-order valence-electron chi connectivity index (χ1n) is 4.25. The molecule has 1 aromatic heterocycles. The van der Waals surface area contributed by atoms with Crippen molar-refractivity contribution in [1.29, 1.82) is 0 Å². The highest BCUT2D eigenvalue weighted by Crippen LogP contribution is 2.15. The molecular formula is C7H12N4O2. The number of nitrogens with zero attached hydrogens (tertiary/aromatic N) is 2. The molecule has 72 valence electrons. The van der Waals surface area contributed by atoms with Crippen LogP contribution in [0.25, 0.3) is 0 Å². The van der Waals surface area contributed by atoms with Crippen molar-refractivity contribution >= 4 is 0 Å². The third kappa shape index (κ3) is 1.85. The summed E-state index contributed by atoms with van der Waals surface area (Å²) in [5, 5.41) is 6.87. The van der Waals surface area contributed by atoms with Crippen LogP contribution in [0.3, 0.4) is 0 Å². The first-order chi connectivity index (χ1) is 6.40. The van der Waals surface area contributed by atoms with Gasteiger partial charge in [-0.05, 0) is 0 Å². The fourth-order valence-corrected chi connectivity index (χ4v) is 1.21. The van der Waals surface area contributed by atoms with Gasteiger partial charge in [0, 0.05) is 13.1 Å². The van der Waals surface area contributed by atoms with Crippen molar-refractivity contribution in [2.24, 2.45) is 5.73 Å². The summed E-state index contributed by atoms with van der Waals surface area (Å²) in [6.07, 6.45) is -0.124.